The summed E-state index contributed by atoms with van der Waals surface area (Å²) < 4.78 is 26.3. The van der Waals surface area contributed by atoms with Gasteiger partial charge in [0, 0.05) is 0 Å². The minimum absolute atomic E-state index is 0.00886. The number of nitrogen functional groups attached to an aromatic ring is 1. The largest absolute Gasteiger partial charge is 0.368 e. The summed E-state index contributed by atoms with van der Waals surface area (Å²) in [6, 6.07) is 8.04. The zero-order valence-electron chi connectivity index (χ0n) is 9.61. The van der Waals surface area contributed by atoms with Gasteiger partial charge in [-0.1, -0.05) is 6.07 Å². The summed E-state index contributed by atoms with van der Waals surface area (Å²) in [7, 11) is -3.80. The first-order chi connectivity index (χ1) is 9.01. The van der Waals surface area contributed by atoms with Crippen LogP contribution in [0.25, 0.3) is 0 Å². The van der Waals surface area contributed by atoms with E-state index in [0.29, 0.717) is 5.56 Å². The number of hydrogen-bond donors (Lipinski definition) is 2. The lowest BCUT2D eigenvalue weighted by atomic mass is 10.2. The first-order valence-corrected chi connectivity index (χ1v) is 6.60. The molecule has 96 valence electrons. The number of nitrogens with one attached hydrogen (secondary N) is 1. The van der Waals surface area contributed by atoms with E-state index >= 15 is 0 Å². The van der Waals surface area contributed by atoms with Crippen LogP contribution in [0.1, 0.15) is 5.56 Å². The fourth-order valence-electron chi connectivity index (χ4n) is 1.33. The molecule has 2 aromatic rings. The van der Waals surface area contributed by atoms with Crippen molar-refractivity contribution in [3.05, 3.63) is 42.2 Å². The summed E-state index contributed by atoms with van der Waals surface area (Å²) in [6.07, 6.45) is 2.22. The molecule has 0 unspecified atom stereocenters. The van der Waals surface area contributed by atoms with Crippen LogP contribution in [-0.4, -0.2) is 18.4 Å². The maximum Gasteiger partial charge on any atom is 0.264 e. The van der Waals surface area contributed by atoms with Crippen LogP contribution < -0.4 is 10.5 Å². The van der Waals surface area contributed by atoms with Gasteiger partial charge in [0.15, 0.2) is 0 Å². The lowest BCUT2D eigenvalue weighted by Gasteiger charge is -2.07. The van der Waals surface area contributed by atoms with Crippen molar-refractivity contribution in [3.8, 4) is 6.07 Å². The van der Waals surface area contributed by atoms with E-state index in [9.17, 15) is 8.42 Å². The van der Waals surface area contributed by atoms with E-state index in [1.165, 1.54) is 12.1 Å². The predicted molar refractivity (Wildman–Crippen MR) is 68.4 cm³/mol. The standard InChI is InChI=1S/C11H9N5O2S/c12-5-8-2-1-3-9(4-8)16-19(17,18)10-6-14-11(13)15-7-10/h1-4,6-7,16H,(H2,13,14,15). The van der Waals surface area contributed by atoms with Crippen LogP contribution in [-0.2, 0) is 10.0 Å². The van der Waals surface area contributed by atoms with Gasteiger partial charge in [-0.3, -0.25) is 4.72 Å². The van der Waals surface area contributed by atoms with E-state index in [2.05, 4.69) is 14.7 Å². The second-order valence-corrected chi connectivity index (χ2v) is 5.26. The van der Waals surface area contributed by atoms with Crippen LogP contribution in [0.3, 0.4) is 0 Å². The number of benzene rings is 1. The van der Waals surface area contributed by atoms with Crippen LogP contribution in [0.15, 0.2) is 41.6 Å². The van der Waals surface area contributed by atoms with Gasteiger partial charge in [0.1, 0.15) is 4.90 Å². The summed E-state index contributed by atoms with van der Waals surface area (Å²) in [6.45, 7) is 0. The van der Waals surface area contributed by atoms with Crippen molar-refractivity contribution in [3.63, 3.8) is 0 Å². The molecule has 0 bridgehead atoms. The SMILES string of the molecule is N#Cc1cccc(NS(=O)(=O)c2cnc(N)nc2)c1. The molecule has 0 spiro atoms. The molecule has 2 rings (SSSR count). The maximum atomic E-state index is 12.0. The summed E-state index contributed by atoms with van der Waals surface area (Å²) in [5.41, 5.74) is 5.93. The number of rotatable bonds is 3. The van der Waals surface area contributed by atoms with Crippen molar-refractivity contribution in [2.24, 2.45) is 0 Å². The van der Waals surface area contributed by atoms with Crippen molar-refractivity contribution < 1.29 is 8.42 Å². The Hall–Kier alpha value is -2.66. The minimum atomic E-state index is -3.80. The molecule has 3 N–H and O–H groups in total. The second kappa shape index (κ2) is 4.91. The Labute approximate surface area is 109 Å². The molecule has 0 aliphatic heterocycles. The number of nitrogens with zero attached hydrogens (tertiary/aromatic N) is 3. The third-order valence-electron chi connectivity index (χ3n) is 2.20. The van der Waals surface area contributed by atoms with E-state index in [1.54, 1.807) is 12.1 Å². The molecule has 1 aromatic heterocycles. The third-order valence-corrected chi connectivity index (χ3v) is 3.54. The molecule has 0 atom stereocenters. The van der Waals surface area contributed by atoms with E-state index in [1.807, 2.05) is 6.07 Å². The topological polar surface area (TPSA) is 122 Å². The van der Waals surface area contributed by atoms with Crippen molar-refractivity contribution in [2.45, 2.75) is 4.90 Å². The van der Waals surface area contributed by atoms with Gasteiger partial charge >= 0.3 is 0 Å². The van der Waals surface area contributed by atoms with Crippen LogP contribution in [0.5, 0.6) is 0 Å². The van der Waals surface area contributed by atoms with Crippen molar-refractivity contribution in [1.82, 2.24) is 9.97 Å². The van der Waals surface area contributed by atoms with Crippen molar-refractivity contribution in [1.29, 1.82) is 5.26 Å². The summed E-state index contributed by atoms with van der Waals surface area (Å²) in [5, 5.41) is 8.75. The first kappa shape index (κ1) is 12.8. The van der Waals surface area contributed by atoms with Crippen LogP contribution >= 0.6 is 0 Å². The molecular weight excluding hydrogens is 266 g/mol. The van der Waals surface area contributed by atoms with Crippen molar-refractivity contribution >= 4 is 21.7 Å². The normalized spacial score (nSPS) is 10.7. The predicted octanol–water partition coefficient (Wildman–Crippen LogP) is 0.731. The quantitative estimate of drug-likeness (QED) is 0.851. The highest BCUT2D eigenvalue weighted by molar-refractivity contribution is 7.92. The molecule has 0 radical (unpaired) electrons. The van der Waals surface area contributed by atoms with Crippen LogP contribution in [0.4, 0.5) is 11.6 Å². The van der Waals surface area contributed by atoms with Gasteiger partial charge in [0.05, 0.1) is 29.7 Å². The molecule has 8 heteroatoms. The zero-order valence-corrected chi connectivity index (χ0v) is 10.4. The lowest BCUT2D eigenvalue weighted by Crippen LogP contribution is -2.14. The Kier molecular flexibility index (Phi) is 3.31. The number of hydrogen-bond acceptors (Lipinski definition) is 6. The van der Waals surface area contributed by atoms with Gasteiger partial charge in [-0.05, 0) is 18.2 Å². The molecule has 0 saturated carbocycles. The summed E-state index contributed by atoms with van der Waals surface area (Å²) >= 11 is 0. The molecule has 19 heavy (non-hydrogen) atoms. The molecule has 0 amide bonds. The Bertz CT molecular complexity index is 734. The Balaban J connectivity index is 2.31. The molecule has 0 aliphatic rings. The molecular formula is C11H9N5O2S. The van der Waals surface area contributed by atoms with E-state index < -0.39 is 10.0 Å². The lowest BCUT2D eigenvalue weighted by molar-refractivity contribution is 0.600. The van der Waals surface area contributed by atoms with Crippen LogP contribution in [0.2, 0.25) is 0 Å². The smallest absolute Gasteiger partial charge is 0.264 e. The second-order valence-electron chi connectivity index (χ2n) is 3.58. The van der Waals surface area contributed by atoms with E-state index in [4.69, 9.17) is 11.0 Å². The highest BCUT2D eigenvalue weighted by Crippen LogP contribution is 2.16. The number of nitrogens with two attached hydrogens (primary N) is 1. The average Bonchev–Trinajstić information content (AvgIpc) is 2.39. The Morgan fingerprint density at radius 2 is 1.95 bits per heavy atom. The highest BCUT2D eigenvalue weighted by Gasteiger charge is 2.15. The first-order valence-electron chi connectivity index (χ1n) is 5.12. The molecule has 0 saturated heterocycles. The molecule has 1 aromatic carbocycles. The van der Waals surface area contributed by atoms with Gasteiger partial charge in [0.2, 0.25) is 5.95 Å². The number of aromatic nitrogens is 2. The highest BCUT2D eigenvalue weighted by atomic mass is 32.2. The monoisotopic (exact) mass is 275 g/mol. The maximum absolute atomic E-state index is 12.0. The van der Waals surface area contributed by atoms with E-state index in [0.717, 1.165) is 12.4 Å². The Morgan fingerprint density at radius 1 is 1.26 bits per heavy atom. The van der Waals surface area contributed by atoms with Gasteiger partial charge in [-0.2, -0.15) is 5.26 Å². The zero-order chi connectivity index (χ0) is 13.9. The van der Waals surface area contributed by atoms with Gasteiger partial charge in [0.25, 0.3) is 10.0 Å². The molecule has 1 heterocycles. The fourth-order valence-corrected chi connectivity index (χ4v) is 2.27. The van der Waals surface area contributed by atoms with Crippen LogP contribution in [0, 0.1) is 11.3 Å². The fraction of sp³-hybridized carbons (Fsp3) is 0. The molecule has 0 fully saturated rings. The van der Waals surface area contributed by atoms with Gasteiger partial charge in [-0.25, -0.2) is 18.4 Å². The molecule has 7 nitrogen and oxygen atoms in total. The Morgan fingerprint density at radius 3 is 2.58 bits per heavy atom. The minimum Gasteiger partial charge on any atom is -0.368 e. The number of nitriles is 1. The number of anilines is 2. The van der Waals surface area contributed by atoms with Gasteiger partial charge < -0.3 is 5.73 Å². The van der Waals surface area contributed by atoms with E-state index in [-0.39, 0.29) is 16.5 Å². The number of sulfonamides is 1. The average molecular weight is 275 g/mol. The molecule has 0 aliphatic carbocycles. The van der Waals surface area contributed by atoms with Crippen molar-refractivity contribution in [2.75, 3.05) is 10.5 Å². The third kappa shape index (κ3) is 2.97. The summed E-state index contributed by atoms with van der Waals surface area (Å²) in [5.74, 6) is -0.00886. The van der Waals surface area contributed by atoms with Gasteiger partial charge in [-0.15, -0.1) is 0 Å². The summed E-state index contributed by atoms with van der Waals surface area (Å²) in [4.78, 5) is 7.12.